The van der Waals surface area contributed by atoms with Crippen molar-refractivity contribution in [2.24, 2.45) is 0 Å². The summed E-state index contributed by atoms with van der Waals surface area (Å²) in [6.45, 7) is 9.08. The third-order valence-corrected chi connectivity index (χ3v) is 4.77. The zero-order chi connectivity index (χ0) is 19.3. The van der Waals surface area contributed by atoms with Crippen LogP contribution < -0.4 is 0 Å². The lowest BCUT2D eigenvalue weighted by atomic mass is 9.83. The van der Waals surface area contributed by atoms with Crippen LogP contribution in [0, 0.1) is 25.5 Å². The molecule has 0 amide bonds. The Morgan fingerprint density at radius 1 is 1.04 bits per heavy atom. The highest BCUT2D eigenvalue weighted by Crippen LogP contribution is 2.39. The number of nitrogens with zero attached hydrogens (tertiary/aromatic N) is 1. The fourth-order valence-electron chi connectivity index (χ4n) is 3.65. The van der Waals surface area contributed by atoms with E-state index in [9.17, 15) is 8.78 Å². The Bertz CT molecular complexity index is 719. The average molecular weight is 359 g/mol. The Labute approximate surface area is 155 Å². The van der Waals surface area contributed by atoms with Crippen LogP contribution in [0.25, 0.3) is 0 Å². The van der Waals surface area contributed by atoms with Gasteiger partial charge in [-0.05, 0) is 49.7 Å². The molecule has 0 spiro atoms. The number of aryl methyl sites for hydroxylation is 2. The van der Waals surface area contributed by atoms with Crippen molar-refractivity contribution in [1.29, 1.82) is 0 Å². The number of halogens is 2. The van der Waals surface area contributed by atoms with Gasteiger partial charge in [0.25, 0.3) is 0 Å². The summed E-state index contributed by atoms with van der Waals surface area (Å²) in [5.41, 5.74) is 3.22. The second kappa shape index (κ2) is 9.06. The van der Waals surface area contributed by atoms with E-state index in [0.29, 0.717) is 13.1 Å². The predicted molar refractivity (Wildman–Crippen MR) is 102 cm³/mol. The fraction of sp³-hybridized carbons (Fsp3) is 0.364. The standard InChI is InChI=1S/C22H27F2NO/c1-6-13-25(4)14-17(20-15(2)9-7-10-16(20)3)22(26-5)21-18(23)11-8-12-19(21)24/h6-12,17,22H,1,13-14H2,2-5H3. The number of benzene rings is 2. The Kier molecular flexibility index (Phi) is 7.06. The van der Waals surface area contributed by atoms with Crippen LogP contribution in [-0.2, 0) is 4.74 Å². The lowest BCUT2D eigenvalue weighted by Crippen LogP contribution is -2.30. The molecule has 2 aromatic rings. The topological polar surface area (TPSA) is 12.5 Å². The zero-order valence-corrected chi connectivity index (χ0v) is 15.9. The first-order chi connectivity index (χ1) is 12.4. The van der Waals surface area contributed by atoms with Crippen LogP contribution in [0.1, 0.15) is 34.3 Å². The van der Waals surface area contributed by atoms with Crippen molar-refractivity contribution in [3.05, 3.63) is 82.9 Å². The second-order valence-electron chi connectivity index (χ2n) is 6.71. The van der Waals surface area contributed by atoms with Crippen LogP contribution >= 0.6 is 0 Å². The second-order valence-corrected chi connectivity index (χ2v) is 6.71. The van der Waals surface area contributed by atoms with Gasteiger partial charge in [0.15, 0.2) is 0 Å². The van der Waals surface area contributed by atoms with Gasteiger partial charge in [0.1, 0.15) is 11.6 Å². The van der Waals surface area contributed by atoms with Crippen molar-refractivity contribution in [1.82, 2.24) is 4.90 Å². The van der Waals surface area contributed by atoms with E-state index in [1.54, 1.807) is 0 Å². The molecule has 0 fully saturated rings. The largest absolute Gasteiger partial charge is 0.376 e. The summed E-state index contributed by atoms with van der Waals surface area (Å²) in [5, 5.41) is 0. The predicted octanol–water partition coefficient (Wildman–Crippen LogP) is 5.17. The molecule has 0 aromatic heterocycles. The lowest BCUT2D eigenvalue weighted by molar-refractivity contribution is 0.0619. The molecule has 2 nitrogen and oxygen atoms in total. The molecule has 0 saturated heterocycles. The molecule has 0 N–H and O–H groups in total. The van der Waals surface area contributed by atoms with Crippen molar-refractivity contribution in [3.8, 4) is 0 Å². The van der Waals surface area contributed by atoms with Crippen LogP contribution in [0.15, 0.2) is 49.1 Å². The van der Waals surface area contributed by atoms with E-state index in [1.807, 2.05) is 45.2 Å². The highest BCUT2D eigenvalue weighted by atomic mass is 19.1. The van der Waals surface area contributed by atoms with Gasteiger partial charge in [-0.1, -0.05) is 30.3 Å². The number of methoxy groups -OCH3 is 1. The maximum atomic E-state index is 14.5. The summed E-state index contributed by atoms with van der Waals surface area (Å²) in [6.07, 6.45) is 1.08. The van der Waals surface area contributed by atoms with E-state index in [2.05, 4.69) is 11.5 Å². The zero-order valence-electron chi connectivity index (χ0n) is 15.9. The van der Waals surface area contributed by atoms with Gasteiger partial charge in [-0.2, -0.15) is 0 Å². The normalized spacial score (nSPS) is 13.7. The van der Waals surface area contributed by atoms with Crippen molar-refractivity contribution < 1.29 is 13.5 Å². The molecule has 2 atom stereocenters. The van der Waals surface area contributed by atoms with Gasteiger partial charge in [-0.25, -0.2) is 8.78 Å². The van der Waals surface area contributed by atoms with Crippen LogP contribution in [0.3, 0.4) is 0 Å². The van der Waals surface area contributed by atoms with Crippen molar-refractivity contribution in [3.63, 3.8) is 0 Å². The third kappa shape index (κ3) is 4.37. The summed E-state index contributed by atoms with van der Waals surface area (Å²) >= 11 is 0. The molecule has 0 aliphatic carbocycles. The molecule has 26 heavy (non-hydrogen) atoms. The van der Waals surface area contributed by atoms with Crippen molar-refractivity contribution in [2.45, 2.75) is 25.9 Å². The van der Waals surface area contributed by atoms with Crippen LogP contribution in [0.5, 0.6) is 0 Å². The molecule has 140 valence electrons. The lowest BCUT2D eigenvalue weighted by Gasteiger charge is -2.32. The molecule has 0 bridgehead atoms. The third-order valence-electron chi connectivity index (χ3n) is 4.77. The van der Waals surface area contributed by atoms with Gasteiger partial charge in [0.2, 0.25) is 0 Å². The van der Waals surface area contributed by atoms with Gasteiger partial charge in [0, 0.05) is 26.1 Å². The van der Waals surface area contributed by atoms with Crippen molar-refractivity contribution in [2.75, 3.05) is 27.2 Å². The first-order valence-electron chi connectivity index (χ1n) is 8.73. The minimum Gasteiger partial charge on any atom is -0.376 e. The average Bonchev–Trinajstić information content (AvgIpc) is 2.57. The Balaban J connectivity index is 2.59. The van der Waals surface area contributed by atoms with Crippen LogP contribution in [0.4, 0.5) is 8.78 Å². The smallest absolute Gasteiger partial charge is 0.131 e. The number of ether oxygens (including phenoxy) is 1. The summed E-state index contributed by atoms with van der Waals surface area (Å²) in [7, 11) is 3.47. The molecule has 0 radical (unpaired) electrons. The highest BCUT2D eigenvalue weighted by molar-refractivity contribution is 5.39. The van der Waals surface area contributed by atoms with Gasteiger partial charge < -0.3 is 9.64 Å². The van der Waals surface area contributed by atoms with E-state index >= 15 is 0 Å². The fourth-order valence-corrected chi connectivity index (χ4v) is 3.65. The quantitative estimate of drug-likeness (QED) is 0.603. The van der Waals surface area contributed by atoms with Crippen LogP contribution in [0.2, 0.25) is 0 Å². The summed E-state index contributed by atoms with van der Waals surface area (Å²) in [6, 6.07) is 9.96. The number of hydrogen-bond donors (Lipinski definition) is 0. The highest BCUT2D eigenvalue weighted by Gasteiger charge is 2.32. The van der Waals surface area contributed by atoms with Gasteiger partial charge in [0.05, 0.1) is 11.7 Å². The van der Waals surface area contributed by atoms with E-state index < -0.39 is 17.7 Å². The van der Waals surface area contributed by atoms with Gasteiger partial charge in [-0.3, -0.25) is 0 Å². The van der Waals surface area contributed by atoms with E-state index in [4.69, 9.17) is 4.74 Å². The summed E-state index contributed by atoms with van der Waals surface area (Å²) < 4.78 is 34.7. The molecule has 0 saturated carbocycles. The molecule has 2 rings (SSSR count). The van der Waals surface area contributed by atoms with Gasteiger partial charge in [-0.15, -0.1) is 6.58 Å². The molecular weight excluding hydrogens is 332 g/mol. The van der Waals surface area contributed by atoms with Crippen LogP contribution in [-0.4, -0.2) is 32.1 Å². The minimum absolute atomic E-state index is 0.0188. The molecule has 0 aliphatic rings. The maximum absolute atomic E-state index is 14.5. The molecule has 0 aliphatic heterocycles. The number of hydrogen-bond acceptors (Lipinski definition) is 2. The summed E-state index contributed by atoms with van der Waals surface area (Å²) in [4.78, 5) is 2.08. The molecule has 2 aromatic carbocycles. The summed E-state index contributed by atoms with van der Waals surface area (Å²) in [5.74, 6) is -1.39. The molecule has 4 heteroatoms. The number of rotatable bonds is 8. The van der Waals surface area contributed by atoms with Gasteiger partial charge >= 0.3 is 0 Å². The molecule has 2 unspecified atom stereocenters. The monoisotopic (exact) mass is 359 g/mol. The van der Waals surface area contributed by atoms with E-state index in [-0.39, 0.29) is 11.5 Å². The Morgan fingerprint density at radius 2 is 1.58 bits per heavy atom. The molecular formula is C22H27F2NO. The minimum atomic E-state index is -0.733. The first-order valence-corrected chi connectivity index (χ1v) is 8.73. The molecule has 0 heterocycles. The SMILES string of the molecule is C=CCN(C)CC(c1c(C)cccc1C)C(OC)c1c(F)cccc1F. The van der Waals surface area contributed by atoms with Crippen molar-refractivity contribution >= 4 is 0 Å². The Morgan fingerprint density at radius 3 is 2.08 bits per heavy atom. The Hall–Kier alpha value is -2.04. The first kappa shape index (κ1) is 20.3. The number of likely N-dealkylation sites (N-methyl/N-ethyl adjacent to an activating group) is 1. The maximum Gasteiger partial charge on any atom is 0.131 e. The van der Waals surface area contributed by atoms with E-state index in [0.717, 1.165) is 16.7 Å². The van der Waals surface area contributed by atoms with E-state index in [1.165, 1.54) is 25.3 Å².